The number of nitrogens with one attached hydrogen (secondary N) is 2. The van der Waals surface area contributed by atoms with Gasteiger partial charge in [-0.1, -0.05) is 6.92 Å². The quantitative estimate of drug-likeness (QED) is 0.807. The molecule has 0 unspecified atom stereocenters. The molecule has 0 aliphatic carbocycles. The molecule has 2 N–H and O–H groups in total. The predicted octanol–water partition coefficient (Wildman–Crippen LogP) is 1.35. The fourth-order valence-corrected chi connectivity index (χ4v) is 1.69. The summed E-state index contributed by atoms with van der Waals surface area (Å²) < 4.78 is 0. The minimum Gasteiger partial charge on any atom is -0.366 e. The maximum Gasteiger partial charge on any atom is 0.230 e. The van der Waals surface area contributed by atoms with Crippen molar-refractivity contribution in [3.05, 3.63) is 11.5 Å². The summed E-state index contributed by atoms with van der Waals surface area (Å²) in [7, 11) is 0. The standard InChI is InChI=1S/C11H16N4O/c1-4-8-13-7-5-9(16)15-10(7)11(14-8)12-6(2)3/h6H,4-5H2,1-3H3,(H,15,16)(H,12,13,14). The second-order valence-corrected chi connectivity index (χ2v) is 4.19. The highest BCUT2D eigenvalue weighted by molar-refractivity contribution is 6.01. The van der Waals surface area contributed by atoms with Crippen molar-refractivity contribution in [3.8, 4) is 0 Å². The molecule has 1 amide bonds. The molecule has 16 heavy (non-hydrogen) atoms. The molecule has 0 fully saturated rings. The van der Waals surface area contributed by atoms with E-state index in [0.717, 1.165) is 29.4 Å². The summed E-state index contributed by atoms with van der Waals surface area (Å²) >= 11 is 0. The van der Waals surface area contributed by atoms with Crippen LogP contribution in [-0.4, -0.2) is 21.9 Å². The van der Waals surface area contributed by atoms with E-state index in [2.05, 4.69) is 20.6 Å². The Morgan fingerprint density at radius 2 is 2.19 bits per heavy atom. The van der Waals surface area contributed by atoms with Gasteiger partial charge in [0.2, 0.25) is 5.91 Å². The van der Waals surface area contributed by atoms with E-state index in [1.165, 1.54) is 0 Å². The molecular formula is C11H16N4O. The number of hydrogen-bond acceptors (Lipinski definition) is 4. The van der Waals surface area contributed by atoms with E-state index in [-0.39, 0.29) is 11.9 Å². The molecular weight excluding hydrogens is 204 g/mol. The van der Waals surface area contributed by atoms with Crippen molar-refractivity contribution in [2.75, 3.05) is 10.6 Å². The Kier molecular flexibility index (Phi) is 2.77. The predicted molar refractivity (Wildman–Crippen MR) is 62.5 cm³/mol. The van der Waals surface area contributed by atoms with Crippen LogP contribution in [0.15, 0.2) is 0 Å². The molecule has 2 heterocycles. The highest BCUT2D eigenvalue weighted by Gasteiger charge is 2.24. The van der Waals surface area contributed by atoms with Crippen LogP contribution in [-0.2, 0) is 17.6 Å². The number of carbonyl (C=O) groups excluding carboxylic acids is 1. The maximum atomic E-state index is 11.3. The zero-order chi connectivity index (χ0) is 11.7. The molecule has 0 saturated carbocycles. The Bertz CT molecular complexity index is 428. The Morgan fingerprint density at radius 3 is 2.81 bits per heavy atom. The second-order valence-electron chi connectivity index (χ2n) is 4.19. The van der Waals surface area contributed by atoms with Crippen molar-refractivity contribution < 1.29 is 4.79 Å². The van der Waals surface area contributed by atoms with Crippen LogP contribution in [0.4, 0.5) is 11.5 Å². The van der Waals surface area contributed by atoms with Gasteiger partial charge < -0.3 is 10.6 Å². The number of fused-ring (bicyclic) bond motifs is 1. The molecule has 2 rings (SSSR count). The molecule has 1 aliphatic heterocycles. The monoisotopic (exact) mass is 220 g/mol. The van der Waals surface area contributed by atoms with Gasteiger partial charge in [0.1, 0.15) is 11.5 Å². The average molecular weight is 220 g/mol. The molecule has 86 valence electrons. The van der Waals surface area contributed by atoms with Gasteiger partial charge in [0.15, 0.2) is 5.82 Å². The first kappa shape index (κ1) is 10.9. The Labute approximate surface area is 94.7 Å². The van der Waals surface area contributed by atoms with Crippen LogP contribution in [0.25, 0.3) is 0 Å². The van der Waals surface area contributed by atoms with Gasteiger partial charge in [0.05, 0.1) is 12.1 Å². The lowest BCUT2D eigenvalue weighted by molar-refractivity contribution is -0.115. The summed E-state index contributed by atoms with van der Waals surface area (Å²) in [6.07, 6.45) is 1.13. The van der Waals surface area contributed by atoms with Gasteiger partial charge in [-0.3, -0.25) is 4.79 Å². The molecule has 0 radical (unpaired) electrons. The van der Waals surface area contributed by atoms with Crippen LogP contribution in [0.5, 0.6) is 0 Å². The van der Waals surface area contributed by atoms with Crippen LogP contribution in [0.3, 0.4) is 0 Å². The number of rotatable bonds is 3. The lowest BCUT2D eigenvalue weighted by Crippen LogP contribution is -2.14. The Balaban J connectivity index is 2.42. The summed E-state index contributed by atoms with van der Waals surface area (Å²) in [5, 5.41) is 6.03. The van der Waals surface area contributed by atoms with E-state index in [1.807, 2.05) is 20.8 Å². The van der Waals surface area contributed by atoms with Crippen molar-refractivity contribution in [1.29, 1.82) is 0 Å². The topological polar surface area (TPSA) is 66.9 Å². The molecule has 1 aromatic rings. The summed E-state index contributed by atoms with van der Waals surface area (Å²) in [4.78, 5) is 20.1. The van der Waals surface area contributed by atoms with E-state index in [1.54, 1.807) is 0 Å². The van der Waals surface area contributed by atoms with E-state index in [0.29, 0.717) is 6.42 Å². The molecule has 1 aliphatic rings. The SMILES string of the molecule is CCc1nc2c(c(NC(C)C)n1)NC(=O)C2. The smallest absolute Gasteiger partial charge is 0.230 e. The van der Waals surface area contributed by atoms with Crippen LogP contribution < -0.4 is 10.6 Å². The Morgan fingerprint density at radius 1 is 1.44 bits per heavy atom. The van der Waals surface area contributed by atoms with E-state index in [4.69, 9.17) is 0 Å². The first-order chi connectivity index (χ1) is 7.60. The number of carbonyl (C=O) groups is 1. The third kappa shape index (κ3) is 1.98. The normalized spacial score (nSPS) is 13.9. The fraction of sp³-hybridized carbons (Fsp3) is 0.545. The third-order valence-corrected chi connectivity index (χ3v) is 2.36. The van der Waals surface area contributed by atoms with Crippen molar-refractivity contribution in [1.82, 2.24) is 9.97 Å². The molecule has 0 aromatic carbocycles. The van der Waals surface area contributed by atoms with Gasteiger partial charge in [-0.15, -0.1) is 0 Å². The summed E-state index contributed by atoms with van der Waals surface area (Å²) in [5.74, 6) is 1.51. The minimum atomic E-state index is -0.00985. The zero-order valence-electron chi connectivity index (χ0n) is 9.79. The van der Waals surface area contributed by atoms with Gasteiger partial charge in [0.25, 0.3) is 0 Å². The number of aryl methyl sites for hydroxylation is 1. The molecule has 0 atom stereocenters. The lowest BCUT2D eigenvalue weighted by Gasteiger charge is -2.13. The van der Waals surface area contributed by atoms with Gasteiger partial charge in [-0.25, -0.2) is 9.97 Å². The zero-order valence-corrected chi connectivity index (χ0v) is 9.79. The van der Waals surface area contributed by atoms with Gasteiger partial charge in [-0.2, -0.15) is 0 Å². The molecule has 0 saturated heterocycles. The number of amides is 1. The first-order valence-electron chi connectivity index (χ1n) is 5.56. The van der Waals surface area contributed by atoms with E-state index >= 15 is 0 Å². The van der Waals surface area contributed by atoms with Crippen LogP contribution in [0, 0.1) is 0 Å². The van der Waals surface area contributed by atoms with Crippen LogP contribution in [0.2, 0.25) is 0 Å². The van der Waals surface area contributed by atoms with Crippen molar-refractivity contribution >= 4 is 17.4 Å². The highest BCUT2D eigenvalue weighted by atomic mass is 16.1. The van der Waals surface area contributed by atoms with Gasteiger partial charge in [0, 0.05) is 12.5 Å². The Hall–Kier alpha value is -1.65. The van der Waals surface area contributed by atoms with Crippen molar-refractivity contribution in [2.45, 2.75) is 39.7 Å². The van der Waals surface area contributed by atoms with E-state index < -0.39 is 0 Å². The largest absolute Gasteiger partial charge is 0.366 e. The molecule has 1 aromatic heterocycles. The maximum absolute atomic E-state index is 11.3. The van der Waals surface area contributed by atoms with Gasteiger partial charge >= 0.3 is 0 Å². The number of hydrogen-bond donors (Lipinski definition) is 2. The van der Waals surface area contributed by atoms with E-state index in [9.17, 15) is 4.79 Å². The summed E-state index contributed by atoms with van der Waals surface area (Å²) in [6, 6.07) is 0.279. The molecule has 5 heteroatoms. The number of nitrogens with zero attached hydrogens (tertiary/aromatic N) is 2. The van der Waals surface area contributed by atoms with Crippen molar-refractivity contribution in [3.63, 3.8) is 0 Å². The highest BCUT2D eigenvalue weighted by Crippen LogP contribution is 2.28. The van der Waals surface area contributed by atoms with Crippen LogP contribution >= 0.6 is 0 Å². The third-order valence-electron chi connectivity index (χ3n) is 2.36. The molecule has 0 bridgehead atoms. The number of anilines is 2. The van der Waals surface area contributed by atoms with Crippen molar-refractivity contribution in [2.24, 2.45) is 0 Å². The summed E-state index contributed by atoms with van der Waals surface area (Å²) in [5.41, 5.74) is 1.55. The second kappa shape index (κ2) is 4.08. The summed E-state index contributed by atoms with van der Waals surface area (Å²) in [6.45, 7) is 6.08. The van der Waals surface area contributed by atoms with Gasteiger partial charge in [-0.05, 0) is 13.8 Å². The first-order valence-corrected chi connectivity index (χ1v) is 5.56. The van der Waals surface area contributed by atoms with Crippen LogP contribution in [0.1, 0.15) is 32.3 Å². The molecule has 5 nitrogen and oxygen atoms in total. The average Bonchev–Trinajstić information content (AvgIpc) is 2.57. The lowest BCUT2D eigenvalue weighted by atomic mass is 10.2. The fourth-order valence-electron chi connectivity index (χ4n) is 1.69. The minimum absolute atomic E-state index is 0.00985. The molecule has 0 spiro atoms. The number of aromatic nitrogens is 2.